The smallest absolute Gasteiger partial charge is 0.245 e. The zero-order valence-electron chi connectivity index (χ0n) is 11.9. The summed E-state index contributed by atoms with van der Waals surface area (Å²) in [4.78, 5) is 15.2. The molecule has 2 rings (SSSR count). The lowest BCUT2D eigenvalue weighted by Crippen LogP contribution is -2.37. The number of nitrogens with two attached hydrogens (primary N) is 1. The van der Waals surface area contributed by atoms with E-state index in [1.807, 2.05) is 41.5 Å². The lowest BCUT2D eigenvalue weighted by Gasteiger charge is -2.24. The second-order valence-electron chi connectivity index (χ2n) is 4.77. The summed E-state index contributed by atoms with van der Waals surface area (Å²) in [6.07, 6.45) is 0. The van der Waals surface area contributed by atoms with Gasteiger partial charge in [0.1, 0.15) is 6.04 Å². The average Bonchev–Trinajstić information content (AvgIpc) is 2.99. The van der Waals surface area contributed by atoms with Crippen molar-refractivity contribution in [1.82, 2.24) is 4.90 Å². The third-order valence-electron chi connectivity index (χ3n) is 3.43. The Hall–Kier alpha value is -1.65. The molecule has 1 aromatic carbocycles. The van der Waals surface area contributed by atoms with Crippen LogP contribution in [0.25, 0.3) is 0 Å². The van der Waals surface area contributed by atoms with Gasteiger partial charge in [0.15, 0.2) is 0 Å². The van der Waals surface area contributed by atoms with E-state index >= 15 is 0 Å². The minimum atomic E-state index is -0.557. The molecule has 1 amide bonds. The van der Waals surface area contributed by atoms with Gasteiger partial charge in [-0.3, -0.25) is 4.79 Å². The second-order valence-corrected chi connectivity index (χ2v) is 5.75. The first-order chi connectivity index (χ1) is 9.63. The lowest BCUT2D eigenvalue weighted by atomic mass is 10.1. The summed E-state index contributed by atoms with van der Waals surface area (Å²) < 4.78 is 0. The molecule has 0 aliphatic rings. The number of hydrogen-bond donors (Lipinski definition) is 1. The van der Waals surface area contributed by atoms with Gasteiger partial charge in [0.25, 0.3) is 0 Å². The Bertz CT molecular complexity index is 566. The fourth-order valence-corrected chi connectivity index (χ4v) is 2.84. The van der Waals surface area contributed by atoms with Crippen molar-refractivity contribution in [2.24, 2.45) is 5.73 Å². The van der Waals surface area contributed by atoms with Crippen LogP contribution >= 0.6 is 11.3 Å². The maximum atomic E-state index is 12.5. The van der Waals surface area contributed by atoms with Crippen LogP contribution < -0.4 is 5.73 Å². The summed E-state index contributed by atoms with van der Waals surface area (Å²) in [5, 5.41) is 1.94. The summed E-state index contributed by atoms with van der Waals surface area (Å²) in [5.41, 5.74) is 8.44. The summed E-state index contributed by atoms with van der Waals surface area (Å²) >= 11 is 1.52. The fourth-order valence-electron chi connectivity index (χ4n) is 2.13. The Kier molecular flexibility index (Phi) is 4.93. The number of aryl methyl sites for hydroxylation is 1. The van der Waals surface area contributed by atoms with E-state index in [0.717, 1.165) is 4.88 Å². The minimum Gasteiger partial charge on any atom is -0.337 e. The molecule has 20 heavy (non-hydrogen) atoms. The van der Waals surface area contributed by atoms with Gasteiger partial charge >= 0.3 is 0 Å². The first-order valence-corrected chi connectivity index (χ1v) is 7.63. The number of likely N-dealkylation sites (N-methyl/N-ethyl adjacent to an activating group) is 1. The van der Waals surface area contributed by atoms with Crippen LogP contribution in [0.5, 0.6) is 0 Å². The molecule has 1 aromatic heterocycles. The number of rotatable bonds is 5. The standard InChI is InChI=1S/C16H20N2OS/c1-3-18(11-13-8-5-4-7-12(13)2)16(19)15(17)14-9-6-10-20-14/h4-10,15H,3,11,17H2,1-2H3. The van der Waals surface area contributed by atoms with E-state index in [-0.39, 0.29) is 5.91 Å². The molecule has 0 aliphatic carbocycles. The van der Waals surface area contributed by atoms with Gasteiger partial charge in [-0.1, -0.05) is 30.3 Å². The summed E-state index contributed by atoms with van der Waals surface area (Å²) in [7, 11) is 0. The second kappa shape index (κ2) is 6.68. The topological polar surface area (TPSA) is 46.3 Å². The van der Waals surface area contributed by atoms with Gasteiger partial charge in [0.05, 0.1) is 0 Å². The summed E-state index contributed by atoms with van der Waals surface area (Å²) in [6.45, 7) is 5.32. The maximum Gasteiger partial charge on any atom is 0.245 e. The molecular weight excluding hydrogens is 268 g/mol. The van der Waals surface area contributed by atoms with Gasteiger partial charge in [-0.25, -0.2) is 0 Å². The number of thiophene rings is 1. The highest BCUT2D eigenvalue weighted by molar-refractivity contribution is 7.10. The number of benzene rings is 1. The van der Waals surface area contributed by atoms with E-state index in [1.165, 1.54) is 22.5 Å². The molecule has 0 aliphatic heterocycles. The Balaban J connectivity index is 2.12. The molecule has 3 nitrogen and oxygen atoms in total. The molecule has 2 N–H and O–H groups in total. The molecule has 2 aromatic rings. The summed E-state index contributed by atoms with van der Waals surface area (Å²) in [5.74, 6) is -0.0156. The molecule has 0 radical (unpaired) electrons. The van der Waals surface area contributed by atoms with Gasteiger partial charge in [-0.2, -0.15) is 0 Å². The normalized spacial score (nSPS) is 12.2. The number of carbonyl (C=O) groups is 1. The zero-order chi connectivity index (χ0) is 14.5. The van der Waals surface area contributed by atoms with Gasteiger partial charge in [0.2, 0.25) is 5.91 Å². The number of hydrogen-bond acceptors (Lipinski definition) is 3. The molecule has 0 spiro atoms. The van der Waals surface area contributed by atoms with E-state index in [2.05, 4.69) is 19.1 Å². The van der Waals surface area contributed by atoms with Crippen LogP contribution in [0.1, 0.15) is 29.0 Å². The predicted octanol–water partition coefficient (Wildman–Crippen LogP) is 3.11. The van der Waals surface area contributed by atoms with E-state index in [9.17, 15) is 4.79 Å². The Morgan fingerprint density at radius 3 is 2.65 bits per heavy atom. The van der Waals surface area contributed by atoms with Crippen LogP contribution in [0, 0.1) is 6.92 Å². The predicted molar refractivity (Wildman–Crippen MR) is 83.5 cm³/mol. The van der Waals surface area contributed by atoms with Crippen molar-refractivity contribution in [2.45, 2.75) is 26.4 Å². The molecule has 0 fully saturated rings. The van der Waals surface area contributed by atoms with Gasteiger partial charge < -0.3 is 10.6 Å². The van der Waals surface area contributed by atoms with Gasteiger partial charge in [0, 0.05) is 18.0 Å². The van der Waals surface area contributed by atoms with Crippen LogP contribution in [0.3, 0.4) is 0 Å². The quantitative estimate of drug-likeness (QED) is 0.919. The van der Waals surface area contributed by atoms with Gasteiger partial charge in [-0.15, -0.1) is 11.3 Å². The Morgan fingerprint density at radius 2 is 2.05 bits per heavy atom. The number of amides is 1. The van der Waals surface area contributed by atoms with E-state index < -0.39 is 6.04 Å². The highest BCUT2D eigenvalue weighted by atomic mass is 32.1. The molecule has 1 heterocycles. The third kappa shape index (κ3) is 3.26. The van der Waals surface area contributed by atoms with Crippen molar-refractivity contribution in [3.8, 4) is 0 Å². The molecule has 1 unspecified atom stereocenters. The van der Waals surface area contributed by atoms with Crippen molar-refractivity contribution in [2.75, 3.05) is 6.54 Å². The van der Waals surface area contributed by atoms with Crippen molar-refractivity contribution in [3.05, 3.63) is 57.8 Å². The lowest BCUT2D eigenvalue weighted by molar-refractivity contribution is -0.133. The molecular formula is C16H20N2OS. The Morgan fingerprint density at radius 1 is 1.30 bits per heavy atom. The largest absolute Gasteiger partial charge is 0.337 e. The number of nitrogens with zero attached hydrogens (tertiary/aromatic N) is 1. The van der Waals surface area contributed by atoms with Gasteiger partial charge in [-0.05, 0) is 36.4 Å². The highest BCUT2D eigenvalue weighted by Crippen LogP contribution is 2.20. The van der Waals surface area contributed by atoms with Crippen molar-refractivity contribution < 1.29 is 4.79 Å². The van der Waals surface area contributed by atoms with Crippen LogP contribution in [0.4, 0.5) is 0 Å². The minimum absolute atomic E-state index is 0.0156. The third-order valence-corrected chi connectivity index (χ3v) is 4.39. The molecule has 0 saturated heterocycles. The van der Waals surface area contributed by atoms with Crippen LogP contribution in [0.2, 0.25) is 0 Å². The van der Waals surface area contributed by atoms with Crippen LogP contribution in [-0.2, 0) is 11.3 Å². The highest BCUT2D eigenvalue weighted by Gasteiger charge is 2.22. The number of carbonyl (C=O) groups excluding carboxylic acids is 1. The molecule has 4 heteroatoms. The summed E-state index contributed by atoms with van der Waals surface area (Å²) in [6, 6.07) is 11.4. The van der Waals surface area contributed by atoms with E-state index in [4.69, 9.17) is 5.73 Å². The maximum absolute atomic E-state index is 12.5. The molecule has 0 bridgehead atoms. The molecule has 106 valence electrons. The fraction of sp³-hybridized carbons (Fsp3) is 0.312. The van der Waals surface area contributed by atoms with Crippen molar-refractivity contribution in [3.63, 3.8) is 0 Å². The first kappa shape index (κ1) is 14.8. The van der Waals surface area contributed by atoms with Crippen molar-refractivity contribution >= 4 is 17.2 Å². The SMILES string of the molecule is CCN(Cc1ccccc1C)C(=O)C(N)c1cccs1. The van der Waals surface area contributed by atoms with Crippen LogP contribution in [0.15, 0.2) is 41.8 Å². The molecule has 0 saturated carbocycles. The zero-order valence-corrected chi connectivity index (χ0v) is 12.7. The average molecular weight is 288 g/mol. The Labute approximate surface area is 124 Å². The van der Waals surface area contributed by atoms with E-state index in [0.29, 0.717) is 13.1 Å². The van der Waals surface area contributed by atoms with E-state index in [1.54, 1.807) is 0 Å². The van der Waals surface area contributed by atoms with Crippen LogP contribution in [-0.4, -0.2) is 17.4 Å². The first-order valence-electron chi connectivity index (χ1n) is 6.75. The monoisotopic (exact) mass is 288 g/mol. The molecule has 1 atom stereocenters. The van der Waals surface area contributed by atoms with Crippen molar-refractivity contribution in [1.29, 1.82) is 0 Å².